The van der Waals surface area contributed by atoms with Crippen LogP contribution in [0.5, 0.6) is 0 Å². The van der Waals surface area contributed by atoms with Crippen LogP contribution >= 0.6 is 0 Å². The zero-order valence-electron chi connectivity index (χ0n) is 17.8. The van der Waals surface area contributed by atoms with Crippen LogP contribution < -0.4 is 0 Å². The fourth-order valence-corrected chi connectivity index (χ4v) is 4.59. The van der Waals surface area contributed by atoms with Crippen molar-refractivity contribution >= 4 is 10.8 Å². The number of rotatable bonds is 4. The van der Waals surface area contributed by atoms with Crippen LogP contribution in [-0.4, -0.2) is 0 Å². The predicted molar refractivity (Wildman–Crippen MR) is 125 cm³/mol. The van der Waals surface area contributed by atoms with Crippen molar-refractivity contribution in [1.82, 2.24) is 0 Å². The molecule has 1 fully saturated rings. The van der Waals surface area contributed by atoms with Gasteiger partial charge in [-0.25, -0.2) is 4.39 Å². The maximum Gasteiger partial charge on any atom is 0.146 e. The molecule has 3 aromatic carbocycles. The first-order chi connectivity index (χ1) is 14.7. The summed E-state index contributed by atoms with van der Waals surface area (Å²) in [5.41, 5.74) is 3.99. The van der Waals surface area contributed by atoms with Gasteiger partial charge in [-0.15, -0.1) is 6.58 Å². The number of benzene rings is 3. The Kier molecular flexibility index (Phi) is 6.34. The Morgan fingerprint density at radius 1 is 0.967 bits per heavy atom. The van der Waals surface area contributed by atoms with E-state index in [0.29, 0.717) is 16.9 Å². The van der Waals surface area contributed by atoms with E-state index >= 15 is 4.39 Å². The molecule has 0 unspecified atom stereocenters. The lowest BCUT2D eigenvalue weighted by atomic mass is 9.77. The minimum Gasteiger partial charge on any atom is -0.205 e. The van der Waals surface area contributed by atoms with Crippen LogP contribution in [0.3, 0.4) is 0 Å². The zero-order valence-corrected chi connectivity index (χ0v) is 17.8. The molecule has 0 saturated heterocycles. The Hall–Kier alpha value is -2.85. The van der Waals surface area contributed by atoms with E-state index in [2.05, 4.69) is 49.6 Å². The smallest absolute Gasteiger partial charge is 0.146 e. The van der Waals surface area contributed by atoms with Crippen LogP contribution in [0.2, 0.25) is 0 Å². The van der Waals surface area contributed by atoms with Gasteiger partial charge in [0.1, 0.15) is 5.82 Å². The summed E-state index contributed by atoms with van der Waals surface area (Å²) < 4.78 is 15.1. The fraction of sp³-hybridized carbons (Fsp3) is 0.310. The molecule has 0 N–H and O–H groups in total. The van der Waals surface area contributed by atoms with Crippen LogP contribution in [0, 0.1) is 23.6 Å². The quantitative estimate of drug-likeness (QED) is 0.312. The molecular weight excluding hydrogens is 367 g/mol. The second-order valence-electron chi connectivity index (χ2n) is 8.45. The third-order valence-corrected chi connectivity index (χ3v) is 6.50. The van der Waals surface area contributed by atoms with Gasteiger partial charge in [0.25, 0.3) is 0 Å². The Balaban J connectivity index is 1.54. The van der Waals surface area contributed by atoms with Crippen LogP contribution in [0.25, 0.3) is 10.8 Å². The number of hydrogen-bond donors (Lipinski definition) is 0. The van der Waals surface area contributed by atoms with Gasteiger partial charge in [0.2, 0.25) is 0 Å². The van der Waals surface area contributed by atoms with Gasteiger partial charge in [0.05, 0.1) is 5.56 Å². The molecule has 0 radical (unpaired) electrons. The van der Waals surface area contributed by atoms with E-state index in [4.69, 9.17) is 0 Å². The monoisotopic (exact) mass is 396 g/mol. The molecule has 1 heteroatoms. The summed E-state index contributed by atoms with van der Waals surface area (Å²) in [6.07, 6.45) is 9.13. The molecule has 3 aromatic rings. The van der Waals surface area contributed by atoms with Gasteiger partial charge in [0.15, 0.2) is 0 Å². The molecule has 0 atom stereocenters. The van der Waals surface area contributed by atoms with E-state index in [1.807, 2.05) is 36.4 Å². The lowest BCUT2D eigenvalue weighted by Gasteiger charge is -2.28. The van der Waals surface area contributed by atoms with Crippen LogP contribution in [0.15, 0.2) is 67.3 Å². The highest BCUT2D eigenvalue weighted by Crippen LogP contribution is 2.38. The summed E-state index contributed by atoms with van der Waals surface area (Å²) in [5.74, 6) is 7.28. The first-order valence-electron chi connectivity index (χ1n) is 11.1. The van der Waals surface area contributed by atoms with Crippen LogP contribution in [0.4, 0.5) is 4.39 Å². The summed E-state index contributed by atoms with van der Waals surface area (Å²) in [5, 5.41) is 1.63. The second-order valence-corrected chi connectivity index (χ2v) is 8.45. The van der Waals surface area contributed by atoms with Crippen molar-refractivity contribution in [2.24, 2.45) is 5.92 Å². The topological polar surface area (TPSA) is 0 Å². The Labute approximate surface area is 179 Å². The third-order valence-electron chi connectivity index (χ3n) is 6.50. The van der Waals surface area contributed by atoms with Crippen LogP contribution in [0.1, 0.15) is 67.2 Å². The molecule has 30 heavy (non-hydrogen) atoms. The number of hydrogen-bond acceptors (Lipinski definition) is 0. The number of halogens is 1. The van der Waals surface area contributed by atoms with Crippen molar-refractivity contribution in [3.05, 3.63) is 95.3 Å². The molecule has 0 bridgehead atoms. The Bertz CT molecular complexity index is 1090. The van der Waals surface area contributed by atoms with Gasteiger partial charge in [-0.05, 0) is 85.1 Å². The van der Waals surface area contributed by atoms with Crippen molar-refractivity contribution in [3.63, 3.8) is 0 Å². The SMILES string of the molecule is C=CCC1CCC(c2ccc3c(F)c(C#Cc4ccc(CC)cc4)ccc3c2)CC1. The van der Waals surface area contributed by atoms with Crippen molar-refractivity contribution in [3.8, 4) is 11.8 Å². The van der Waals surface area contributed by atoms with Gasteiger partial charge in [0, 0.05) is 10.9 Å². The highest BCUT2D eigenvalue weighted by atomic mass is 19.1. The average molecular weight is 397 g/mol. The lowest BCUT2D eigenvalue weighted by Crippen LogP contribution is -2.12. The van der Waals surface area contributed by atoms with E-state index < -0.39 is 0 Å². The molecule has 0 aromatic heterocycles. The van der Waals surface area contributed by atoms with E-state index in [1.54, 1.807) is 0 Å². The van der Waals surface area contributed by atoms with E-state index in [0.717, 1.165) is 29.7 Å². The summed E-state index contributed by atoms with van der Waals surface area (Å²) in [6.45, 7) is 6.00. The molecule has 0 nitrogen and oxygen atoms in total. The third kappa shape index (κ3) is 4.49. The Morgan fingerprint density at radius 3 is 2.43 bits per heavy atom. The van der Waals surface area contributed by atoms with Gasteiger partial charge < -0.3 is 0 Å². The minimum absolute atomic E-state index is 0.216. The molecule has 1 aliphatic carbocycles. The molecule has 0 amide bonds. The van der Waals surface area contributed by atoms with Crippen molar-refractivity contribution in [1.29, 1.82) is 0 Å². The number of aryl methyl sites for hydroxylation is 1. The molecule has 0 aliphatic heterocycles. The van der Waals surface area contributed by atoms with Gasteiger partial charge in [-0.2, -0.15) is 0 Å². The average Bonchev–Trinajstić information content (AvgIpc) is 2.79. The molecule has 152 valence electrons. The molecule has 4 rings (SSSR count). The zero-order chi connectivity index (χ0) is 20.9. The standard InChI is InChI=1S/C29H29F/c1-3-5-22-10-13-24(14-11-22)26-18-19-28-27(20-26)17-16-25(29(28)30)15-12-23-8-6-21(4-2)7-9-23/h3,6-9,16-20,22,24H,1,4-5,10-11,13-14H2,2H3. The minimum atomic E-state index is -0.216. The number of fused-ring (bicyclic) bond motifs is 1. The van der Waals surface area contributed by atoms with Crippen LogP contribution in [-0.2, 0) is 6.42 Å². The number of allylic oxidation sites excluding steroid dienone is 1. The first-order valence-corrected chi connectivity index (χ1v) is 11.1. The normalized spacial score (nSPS) is 18.6. The van der Waals surface area contributed by atoms with Gasteiger partial charge in [-0.1, -0.05) is 61.2 Å². The largest absolute Gasteiger partial charge is 0.205 e. The molecule has 0 heterocycles. The van der Waals surface area contributed by atoms with Crippen molar-refractivity contribution in [2.45, 2.75) is 51.4 Å². The lowest BCUT2D eigenvalue weighted by molar-refractivity contribution is 0.328. The molecule has 0 spiro atoms. The maximum atomic E-state index is 15.1. The fourth-order valence-electron chi connectivity index (χ4n) is 4.59. The Morgan fingerprint density at radius 2 is 1.73 bits per heavy atom. The highest BCUT2D eigenvalue weighted by molar-refractivity contribution is 5.85. The highest BCUT2D eigenvalue weighted by Gasteiger charge is 2.22. The maximum absolute atomic E-state index is 15.1. The molecule has 1 aliphatic rings. The molecular formula is C29H29F. The first kappa shape index (κ1) is 20.4. The second kappa shape index (κ2) is 9.31. The summed E-state index contributed by atoms with van der Waals surface area (Å²) >= 11 is 0. The van der Waals surface area contributed by atoms with E-state index in [-0.39, 0.29) is 5.82 Å². The molecule has 1 saturated carbocycles. The van der Waals surface area contributed by atoms with E-state index in [9.17, 15) is 0 Å². The van der Waals surface area contributed by atoms with Gasteiger partial charge >= 0.3 is 0 Å². The summed E-state index contributed by atoms with van der Waals surface area (Å²) in [4.78, 5) is 0. The van der Waals surface area contributed by atoms with Crippen molar-refractivity contribution in [2.75, 3.05) is 0 Å². The van der Waals surface area contributed by atoms with E-state index in [1.165, 1.54) is 36.8 Å². The van der Waals surface area contributed by atoms with Gasteiger partial charge in [-0.3, -0.25) is 0 Å². The van der Waals surface area contributed by atoms with Crippen molar-refractivity contribution < 1.29 is 4.39 Å². The summed E-state index contributed by atoms with van der Waals surface area (Å²) in [7, 11) is 0. The predicted octanol–water partition coefficient (Wildman–Crippen LogP) is 7.79. The summed E-state index contributed by atoms with van der Waals surface area (Å²) in [6, 6.07) is 18.2.